The number of Topliss-reactive ketones (excluding diaryl/α,β-unsaturated/α-hetero) is 4. The number of carbonyl (C=O) groups is 8. The number of fused-ring (bicyclic) bond motifs is 4. The molecule has 92 heavy (non-hydrogen) atoms. The molecule has 4 amide bonds. The smallest absolute Gasteiger partial charge is 0.261 e. The number of carbonyl (C=O) groups excluding carboxylic acids is 8. The number of rotatable bonds is 12. The van der Waals surface area contributed by atoms with Crippen molar-refractivity contribution in [3.63, 3.8) is 0 Å². The average molecular weight is 1480 g/mol. The van der Waals surface area contributed by atoms with Gasteiger partial charge in [-0.1, -0.05) is 194 Å². The van der Waals surface area contributed by atoms with Crippen LogP contribution < -0.4 is 21.3 Å². The molecule has 4 aliphatic rings. The Bertz CT molecular complexity index is 4450. The summed E-state index contributed by atoms with van der Waals surface area (Å²) in [6.07, 6.45) is -1.87. The van der Waals surface area contributed by atoms with Gasteiger partial charge in [0.25, 0.3) is 23.6 Å². The molecular weight excluding hydrogens is 1440 g/mol. The number of hydrogen-bond donors (Lipinski definition) is 8. The van der Waals surface area contributed by atoms with Crippen LogP contribution in [-0.2, 0) is 41.6 Å². The lowest BCUT2D eigenvalue weighted by atomic mass is 9.88. The molecule has 0 aliphatic carbocycles. The lowest BCUT2D eigenvalue weighted by Crippen LogP contribution is -2.36. The van der Waals surface area contributed by atoms with Gasteiger partial charge >= 0.3 is 0 Å². The maximum atomic E-state index is 12.5. The van der Waals surface area contributed by atoms with Gasteiger partial charge in [-0.05, 0) is 91.0 Å². The largest absolute Gasteiger partial charge is 0.375 e. The molecule has 0 saturated heterocycles. The van der Waals surface area contributed by atoms with E-state index in [1.54, 1.807) is 66.7 Å². The molecule has 0 spiro atoms. The third-order valence-electron chi connectivity index (χ3n) is 14.8. The number of anilines is 4. The maximum Gasteiger partial charge on any atom is 0.261 e. The molecule has 12 rings (SSSR count). The number of nitrogens with one attached hydrogen (secondary N) is 4. The van der Waals surface area contributed by atoms with Crippen LogP contribution in [0, 0.1) is 0 Å². The van der Waals surface area contributed by atoms with Gasteiger partial charge in [0.05, 0.1) is 83.6 Å². The van der Waals surface area contributed by atoms with Gasteiger partial charge in [-0.2, -0.15) is 0 Å². The first-order valence-electron chi connectivity index (χ1n) is 26.6. The normalized spacial score (nSPS) is 19.4. The Balaban J connectivity index is 0.000000145. The SMILES string of the molecule is O=C(CC1(O)C(=O)Nc2c(Cl)ccc(Cl)c21)c1ccc(Cl)c(Cl)c1.O=C(CC1(O)C(=O)Nc2c(Cl)ccc(Cl)c21)c1cccc(Cl)c1.O=C(CC1(O)C(=O)Nc2c(Cl)ccc(Cl)c21)c1ccccc1.O=C(CC1(O)C(=O)Nc2c(Cl)ccc(Cl)c21)c1ccccc1Cl. The van der Waals surface area contributed by atoms with Crippen LogP contribution in [0.25, 0.3) is 0 Å². The van der Waals surface area contributed by atoms with Crippen LogP contribution in [0.5, 0.6) is 0 Å². The van der Waals surface area contributed by atoms with Crippen molar-refractivity contribution in [1.29, 1.82) is 0 Å². The molecule has 0 aromatic heterocycles. The minimum atomic E-state index is -2.11. The second-order valence-electron chi connectivity index (χ2n) is 20.8. The second-order valence-corrected chi connectivity index (χ2v) is 25.7. The van der Waals surface area contributed by atoms with E-state index < -0.39 is 89.1 Å². The molecule has 0 fully saturated rings. The molecule has 4 atom stereocenters. The highest BCUT2D eigenvalue weighted by molar-refractivity contribution is 6.43. The molecule has 16 nitrogen and oxygen atoms in total. The summed E-state index contributed by atoms with van der Waals surface area (Å²) in [7, 11) is 0. The Morgan fingerprint density at radius 3 is 0.957 bits per heavy atom. The number of hydrogen-bond acceptors (Lipinski definition) is 12. The van der Waals surface area contributed by atoms with Gasteiger partial charge in [-0.15, -0.1) is 0 Å². The van der Waals surface area contributed by atoms with E-state index in [-0.39, 0.29) is 112 Å². The van der Waals surface area contributed by atoms with Gasteiger partial charge in [-0.3, -0.25) is 38.4 Å². The average Bonchev–Trinajstić information content (AvgIpc) is 1.69. The molecule has 0 radical (unpaired) electrons. The Kier molecular flexibility index (Phi) is 21.2. The van der Waals surface area contributed by atoms with Crippen molar-refractivity contribution in [2.45, 2.75) is 48.1 Å². The molecule has 4 unspecified atom stereocenters. The van der Waals surface area contributed by atoms with Gasteiger partial charge in [0.1, 0.15) is 0 Å². The van der Waals surface area contributed by atoms with Crippen molar-refractivity contribution in [2.24, 2.45) is 0 Å². The van der Waals surface area contributed by atoms with Crippen LogP contribution in [0.15, 0.2) is 146 Å². The predicted molar refractivity (Wildman–Crippen MR) is 358 cm³/mol. The lowest BCUT2D eigenvalue weighted by molar-refractivity contribution is -0.133. The van der Waals surface area contributed by atoms with E-state index in [4.69, 9.17) is 139 Å². The number of ketones is 4. The number of amides is 4. The molecule has 28 heteroatoms. The van der Waals surface area contributed by atoms with E-state index in [0.29, 0.717) is 21.2 Å². The highest BCUT2D eigenvalue weighted by Crippen LogP contribution is 2.51. The number of aliphatic hydroxyl groups is 4. The fourth-order valence-corrected chi connectivity index (χ4v) is 13.1. The third-order valence-corrected chi connectivity index (χ3v) is 18.7. The topological polar surface area (TPSA) is 266 Å². The summed E-state index contributed by atoms with van der Waals surface area (Å²) in [6.45, 7) is 0. The summed E-state index contributed by atoms with van der Waals surface area (Å²) in [5.74, 6) is -4.72. The van der Waals surface area contributed by atoms with Gasteiger partial charge in [-0.25, -0.2) is 0 Å². The van der Waals surface area contributed by atoms with Crippen LogP contribution in [0.2, 0.25) is 60.3 Å². The highest BCUT2D eigenvalue weighted by Gasteiger charge is 2.53. The first-order chi connectivity index (χ1) is 43.3. The molecule has 8 aromatic carbocycles. The quantitative estimate of drug-likeness (QED) is 0.0531. The molecule has 4 heterocycles. The van der Waals surface area contributed by atoms with Gasteiger partial charge < -0.3 is 41.7 Å². The van der Waals surface area contributed by atoms with Crippen molar-refractivity contribution in [3.05, 3.63) is 250 Å². The van der Waals surface area contributed by atoms with Crippen LogP contribution in [0.1, 0.15) is 89.4 Å². The Labute approximate surface area is 582 Å². The molecule has 0 saturated carbocycles. The molecule has 4 aliphatic heterocycles. The summed E-state index contributed by atoms with van der Waals surface area (Å²) < 4.78 is 0. The van der Waals surface area contributed by atoms with E-state index in [0.717, 1.165) is 0 Å². The zero-order valence-electron chi connectivity index (χ0n) is 46.3. The fourth-order valence-electron chi connectivity index (χ4n) is 10.3. The molecule has 0 bridgehead atoms. The van der Waals surface area contributed by atoms with Gasteiger partial charge in [0.15, 0.2) is 45.5 Å². The van der Waals surface area contributed by atoms with E-state index in [2.05, 4.69) is 21.3 Å². The van der Waals surface area contributed by atoms with E-state index >= 15 is 0 Å². The Morgan fingerprint density at radius 2 is 0.598 bits per heavy atom. The van der Waals surface area contributed by atoms with Crippen molar-refractivity contribution >= 4 is 209 Å². The standard InChI is InChI=1S/C16H9Cl4NO3.2C16H10Cl3NO3.C16H11Cl2NO3/c17-8-2-1-7(5-11(8)20)12(22)6-16(24)13-9(18)3-4-10(19)14(13)21-15(16)23;17-9-3-1-2-8(6-9)12(21)7-16(23)13-10(18)4-5-11(19)14(13)20-15(16)22;17-9-4-2-1-3-8(9)12(21)7-16(23)13-10(18)5-6-11(19)14(13)20-15(16)22;17-10-6-7-11(18)14-13(10)16(22,15(21)19-14)8-12(20)9-4-2-1-3-5-9/h1-5,24H,6H2,(H,21,23);2*1-6,23H,7H2,(H,20,22);1-7,22H,8H2,(H,19,21). The number of benzene rings is 8. The van der Waals surface area contributed by atoms with Crippen LogP contribution in [0.4, 0.5) is 22.7 Å². The van der Waals surface area contributed by atoms with Crippen molar-refractivity contribution in [1.82, 2.24) is 0 Å². The van der Waals surface area contributed by atoms with Crippen molar-refractivity contribution in [3.8, 4) is 0 Å². The highest BCUT2D eigenvalue weighted by atomic mass is 35.5. The molecule has 8 N–H and O–H groups in total. The minimum Gasteiger partial charge on any atom is -0.375 e. The lowest BCUT2D eigenvalue weighted by Gasteiger charge is -2.21. The summed E-state index contributed by atoms with van der Waals surface area (Å²) in [6, 6.07) is 37.4. The fraction of sp³-hybridized carbons (Fsp3) is 0.125. The summed E-state index contributed by atoms with van der Waals surface area (Å²) in [5.41, 5.74) is -5.77. The van der Waals surface area contributed by atoms with Crippen molar-refractivity contribution in [2.75, 3.05) is 21.3 Å². The Morgan fingerprint density at radius 1 is 0.293 bits per heavy atom. The zero-order chi connectivity index (χ0) is 67.1. The molecule has 8 aromatic rings. The number of halogens is 12. The zero-order valence-corrected chi connectivity index (χ0v) is 55.3. The molecule has 472 valence electrons. The minimum absolute atomic E-state index is 0.0927. The monoisotopic (exact) mass is 1480 g/mol. The summed E-state index contributed by atoms with van der Waals surface area (Å²) in [5, 5.41) is 55.9. The first kappa shape index (κ1) is 70.0. The Hall–Kier alpha value is -6.36. The first-order valence-corrected chi connectivity index (χ1v) is 31.1. The van der Waals surface area contributed by atoms with Crippen molar-refractivity contribution < 1.29 is 58.8 Å². The van der Waals surface area contributed by atoms with Crippen LogP contribution >= 0.6 is 139 Å². The predicted octanol–water partition coefficient (Wildman–Crippen LogP) is 16.2. The third kappa shape index (κ3) is 13.8. The van der Waals surface area contributed by atoms with Crippen LogP contribution in [-0.4, -0.2) is 67.2 Å². The van der Waals surface area contributed by atoms with E-state index in [9.17, 15) is 58.8 Å². The van der Waals surface area contributed by atoms with E-state index in [1.165, 1.54) is 78.9 Å². The van der Waals surface area contributed by atoms with E-state index in [1.807, 2.05) is 0 Å². The second kappa shape index (κ2) is 27.9. The van der Waals surface area contributed by atoms with Gasteiger partial charge in [0.2, 0.25) is 0 Å². The summed E-state index contributed by atoms with van der Waals surface area (Å²) >= 11 is 72.1. The van der Waals surface area contributed by atoms with Gasteiger partial charge in [0, 0.05) is 69.6 Å². The van der Waals surface area contributed by atoms with Crippen LogP contribution in [0.3, 0.4) is 0 Å². The molecular formula is C64H40Cl12N4O12. The summed E-state index contributed by atoms with van der Waals surface area (Å²) in [4.78, 5) is 98.7. The maximum absolute atomic E-state index is 12.5.